The van der Waals surface area contributed by atoms with Gasteiger partial charge in [-0.3, -0.25) is 0 Å². The Kier molecular flexibility index (Phi) is 5.98. The summed E-state index contributed by atoms with van der Waals surface area (Å²) in [4.78, 5) is 0. The second-order valence-electron chi connectivity index (χ2n) is 7.75. The van der Waals surface area contributed by atoms with Gasteiger partial charge in [-0.15, -0.1) is 0 Å². The summed E-state index contributed by atoms with van der Waals surface area (Å²) >= 11 is 0. The zero-order valence-corrected chi connectivity index (χ0v) is 16.4. The lowest BCUT2D eigenvalue weighted by atomic mass is 9.93. The number of fused-ring (bicyclic) bond motifs is 2. The van der Waals surface area contributed by atoms with Gasteiger partial charge >= 0.3 is 0 Å². The van der Waals surface area contributed by atoms with E-state index in [1.165, 1.54) is 30.4 Å². The first-order chi connectivity index (χ1) is 13.4. The number of hydrogen-bond acceptors (Lipinski definition) is 3. The van der Waals surface area contributed by atoms with Gasteiger partial charge in [0.1, 0.15) is 11.5 Å². The smallest absolute Gasteiger partial charge is 0.126 e. The van der Waals surface area contributed by atoms with Crippen molar-refractivity contribution < 1.29 is 9.47 Å². The van der Waals surface area contributed by atoms with Crippen LogP contribution < -0.4 is 14.8 Å². The first-order valence-electron chi connectivity index (χ1n) is 10.6. The number of benzene rings is 2. The molecule has 2 aromatic rings. The number of ether oxygens (including phenoxy) is 2. The van der Waals surface area contributed by atoms with Crippen molar-refractivity contribution in [2.75, 3.05) is 19.8 Å². The molecular formula is C24H31NO2. The molecule has 2 atom stereocenters. The summed E-state index contributed by atoms with van der Waals surface area (Å²) in [6, 6.07) is 15.7. The van der Waals surface area contributed by atoms with Crippen LogP contribution in [0, 0.1) is 0 Å². The normalized spacial score (nSPS) is 20.2. The maximum absolute atomic E-state index is 6.02. The lowest BCUT2D eigenvalue weighted by Gasteiger charge is -2.21. The number of rotatable bonds is 9. The summed E-state index contributed by atoms with van der Waals surface area (Å²) in [6.07, 6.45) is 6.89. The third kappa shape index (κ3) is 4.14. The average Bonchev–Trinajstić information content (AvgIpc) is 3.30. The fourth-order valence-corrected chi connectivity index (χ4v) is 4.58. The van der Waals surface area contributed by atoms with E-state index in [9.17, 15) is 0 Å². The molecule has 0 aromatic heterocycles. The van der Waals surface area contributed by atoms with E-state index in [1.54, 1.807) is 5.56 Å². The molecule has 1 aliphatic carbocycles. The molecule has 0 bridgehead atoms. The number of hydrogen-bond donors (Lipinski definition) is 1. The summed E-state index contributed by atoms with van der Waals surface area (Å²) in [6.45, 7) is 4.92. The SMILES string of the molecule is CCCC1c2ccccc2CC1NCCCCOc1cccc2c1CCO2. The minimum Gasteiger partial charge on any atom is -0.493 e. The van der Waals surface area contributed by atoms with Crippen molar-refractivity contribution in [3.8, 4) is 11.5 Å². The molecule has 3 nitrogen and oxygen atoms in total. The monoisotopic (exact) mass is 365 g/mol. The highest BCUT2D eigenvalue weighted by Crippen LogP contribution is 2.36. The van der Waals surface area contributed by atoms with E-state index in [4.69, 9.17) is 9.47 Å². The highest BCUT2D eigenvalue weighted by molar-refractivity contribution is 5.46. The minimum atomic E-state index is 0.595. The zero-order valence-electron chi connectivity index (χ0n) is 16.4. The third-order valence-corrected chi connectivity index (χ3v) is 5.91. The lowest BCUT2D eigenvalue weighted by molar-refractivity contribution is 0.301. The van der Waals surface area contributed by atoms with Crippen LogP contribution in [0.1, 0.15) is 55.2 Å². The molecule has 4 rings (SSSR count). The zero-order chi connectivity index (χ0) is 18.5. The van der Waals surface area contributed by atoms with E-state index in [0.717, 1.165) is 50.5 Å². The number of unbranched alkanes of at least 4 members (excludes halogenated alkanes) is 1. The van der Waals surface area contributed by atoms with Crippen molar-refractivity contribution in [3.05, 3.63) is 59.2 Å². The van der Waals surface area contributed by atoms with Gasteiger partial charge in [0.05, 0.1) is 13.2 Å². The van der Waals surface area contributed by atoms with Gasteiger partial charge in [-0.25, -0.2) is 0 Å². The molecule has 1 heterocycles. The molecule has 0 amide bonds. The van der Waals surface area contributed by atoms with Gasteiger partial charge in [0.25, 0.3) is 0 Å². The Morgan fingerprint density at radius 3 is 2.96 bits per heavy atom. The van der Waals surface area contributed by atoms with Crippen LogP contribution >= 0.6 is 0 Å². The highest BCUT2D eigenvalue weighted by Gasteiger charge is 2.30. The van der Waals surface area contributed by atoms with E-state index < -0.39 is 0 Å². The van der Waals surface area contributed by atoms with Crippen molar-refractivity contribution in [1.29, 1.82) is 0 Å². The van der Waals surface area contributed by atoms with E-state index >= 15 is 0 Å². The molecule has 0 saturated heterocycles. The Bertz CT molecular complexity index is 758. The largest absolute Gasteiger partial charge is 0.493 e. The van der Waals surface area contributed by atoms with Crippen LogP contribution in [-0.4, -0.2) is 25.8 Å². The Morgan fingerprint density at radius 2 is 2.04 bits per heavy atom. The topological polar surface area (TPSA) is 30.5 Å². The Hall–Kier alpha value is -2.00. The third-order valence-electron chi connectivity index (χ3n) is 5.91. The van der Waals surface area contributed by atoms with Gasteiger partial charge in [-0.05, 0) is 61.4 Å². The fourth-order valence-electron chi connectivity index (χ4n) is 4.58. The first-order valence-corrected chi connectivity index (χ1v) is 10.6. The van der Waals surface area contributed by atoms with Crippen LogP contribution in [0.2, 0.25) is 0 Å². The molecule has 0 spiro atoms. The van der Waals surface area contributed by atoms with E-state index in [0.29, 0.717) is 12.0 Å². The molecule has 1 aliphatic heterocycles. The molecule has 3 heteroatoms. The summed E-state index contributed by atoms with van der Waals surface area (Å²) in [5, 5.41) is 3.83. The predicted octanol–water partition coefficient (Wildman–Crippen LogP) is 4.88. The quantitative estimate of drug-likeness (QED) is 0.643. The van der Waals surface area contributed by atoms with Crippen molar-refractivity contribution >= 4 is 0 Å². The van der Waals surface area contributed by atoms with Crippen LogP contribution in [-0.2, 0) is 12.8 Å². The Labute approximate surface area is 163 Å². The van der Waals surface area contributed by atoms with Crippen molar-refractivity contribution in [3.63, 3.8) is 0 Å². The van der Waals surface area contributed by atoms with Crippen LogP contribution in [0.4, 0.5) is 0 Å². The maximum Gasteiger partial charge on any atom is 0.126 e. The second-order valence-corrected chi connectivity index (χ2v) is 7.75. The maximum atomic E-state index is 6.02. The Balaban J connectivity index is 1.20. The van der Waals surface area contributed by atoms with E-state index in [1.807, 2.05) is 12.1 Å². The average molecular weight is 366 g/mol. The van der Waals surface area contributed by atoms with Gasteiger partial charge in [0.15, 0.2) is 0 Å². The van der Waals surface area contributed by atoms with Crippen LogP contribution in [0.25, 0.3) is 0 Å². The Morgan fingerprint density at radius 1 is 1.11 bits per heavy atom. The minimum absolute atomic E-state index is 0.595. The summed E-state index contributed by atoms with van der Waals surface area (Å²) in [5.74, 6) is 2.68. The fraction of sp³-hybridized carbons (Fsp3) is 0.500. The first kappa shape index (κ1) is 18.4. The molecule has 144 valence electrons. The van der Waals surface area contributed by atoms with E-state index in [-0.39, 0.29) is 0 Å². The van der Waals surface area contributed by atoms with Gasteiger partial charge in [-0.1, -0.05) is 43.7 Å². The van der Waals surface area contributed by atoms with Crippen LogP contribution in [0.5, 0.6) is 11.5 Å². The van der Waals surface area contributed by atoms with Crippen molar-refractivity contribution in [1.82, 2.24) is 5.32 Å². The molecule has 2 unspecified atom stereocenters. The molecular weight excluding hydrogens is 334 g/mol. The summed E-state index contributed by atoms with van der Waals surface area (Å²) < 4.78 is 11.6. The van der Waals surface area contributed by atoms with Gasteiger partial charge in [0.2, 0.25) is 0 Å². The summed E-state index contributed by atoms with van der Waals surface area (Å²) in [5.41, 5.74) is 4.35. The molecule has 2 aliphatic rings. The molecule has 0 radical (unpaired) electrons. The van der Waals surface area contributed by atoms with Gasteiger partial charge in [-0.2, -0.15) is 0 Å². The molecule has 0 fully saturated rings. The van der Waals surface area contributed by atoms with E-state index in [2.05, 4.69) is 42.6 Å². The van der Waals surface area contributed by atoms with Gasteiger partial charge < -0.3 is 14.8 Å². The predicted molar refractivity (Wildman–Crippen MR) is 110 cm³/mol. The highest BCUT2D eigenvalue weighted by atomic mass is 16.5. The summed E-state index contributed by atoms with van der Waals surface area (Å²) in [7, 11) is 0. The lowest BCUT2D eigenvalue weighted by Crippen LogP contribution is -2.33. The second kappa shape index (κ2) is 8.79. The standard InChI is InChI=1S/C24H31NO2/c1-2-8-20-19-10-4-3-9-18(19)17-22(20)25-14-5-6-15-26-23-11-7-12-24-21(23)13-16-27-24/h3-4,7,9-12,20,22,25H,2,5-6,8,13-17H2,1H3. The van der Waals surface area contributed by atoms with Crippen LogP contribution in [0.3, 0.4) is 0 Å². The van der Waals surface area contributed by atoms with Crippen molar-refractivity contribution in [2.24, 2.45) is 0 Å². The van der Waals surface area contributed by atoms with Gasteiger partial charge in [0, 0.05) is 18.0 Å². The number of nitrogens with one attached hydrogen (secondary N) is 1. The molecule has 2 aromatic carbocycles. The molecule has 1 N–H and O–H groups in total. The van der Waals surface area contributed by atoms with Crippen molar-refractivity contribution in [2.45, 2.75) is 57.4 Å². The molecule has 0 saturated carbocycles. The molecule has 27 heavy (non-hydrogen) atoms. The van der Waals surface area contributed by atoms with Crippen LogP contribution in [0.15, 0.2) is 42.5 Å².